The second-order valence-electron chi connectivity index (χ2n) is 6.57. The van der Waals surface area contributed by atoms with Crippen LogP contribution < -0.4 is 10.6 Å². The van der Waals surface area contributed by atoms with E-state index in [-0.39, 0.29) is 18.4 Å². The predicted octanol–water partition coefficient (Wildman–Crippen LogP) is 2.58. The molecular formula is C17H18F3N5O. The fourth-order valence-electron chi connectivity index (χ4n) is 3.84. The largest absolute Gasteiger partial charge is 0.418 e. The Morgan fingerprint density at radius 1 is 1.27 bits per heavy atom. The number of primary amides is 1. The Bertz CT molecular complexity index is 804. The minimum absolute atomic E-state index is 0.00370. The van der Waals surface area contributed by atoms with Crippen LogP contribution in [0.5, 0.6) is 0 Å². The van der Waals surface area contributed by atoms with E-state index in [4.69, 9.17) is 5.73 Å². The number of carbonyl (C=O) groups is 1. The van der Waals surface area contributed by atoms with Crippen LogP contribution in [0, 0.1) is 0 Å². The van der Waals surface area contributed by atoms with Gasteiger partial charge in [-0.3, -0.25) is 4.90 Å². The predicted molar refractivity (Wildman–Crippen MR) is 90.3 cm³/mol. The molecule has 0 radical (unpaired) electrons. The molecule has 3 aliphatic rings. The number of piperidine rings is 1. The van der Waals surface area contributed by atoms with Crippen LogP contribution >= 0.6 is 0 Å². The van der Waals surface area contributed by atoms with Crippen molar-refractivity contribution in [2.75, 3.05) is 24.7 Å². The van der Waals surface area contributed by atoms with Gasteiger partial charge in [-0.2, -0.15) is 13.2 Å². The highest BCUT2D eigenvalue weighted by Crippen LogP contribution is 2.38. The standard InChI is InChI=1S/C17H18F3N5O/c18-17(19,20)12-5-1-2-6-13(12)24-9-14-15(22-10-24)25(16(21)26)11-4-3-7-23(14)8-11/h1-2,5-6,9,11H,3-4,7-8,10H2,(H2,21,26). The number of nitrogens with zero attached hydrogens (tertiary/aromatic N) is 4. The highest BCUT2D eigenvalue weighted by atomic mass is 19.4. The summed E-state index contributed by atoms with van der Waals surface area (Å²) in [6.07, 6.45) is -1.09. The van der Waals surface area contributed by atoms with Crippen molar-refractivity contribution in [1.29, 1.82) is 0 Å². The number of hydrogen-bond acceptors (Lipinski definition) is 4. The zero-order valence-corrected chi connectivity index (χ0v) is 13.9. The molecule has 1 aromatic rings. The lowest BCUT2D eigenvalue weighted by molar-refractivity contribution is -0.137. The molecule has 1 unspecified atom stereocenters. The molecule has 9 heteroatoms. The van der Waals surface area contributed by atoms with Gasteiger partial charge >= 0.3 is 12.2 Å². The van der Waals surface area contributed by atoms with E-state index in [1.807, 2.05) is 0 Å². The molecule has 1 atom stereocenters. The average molecular weight is 365 g/mol. The molecule has 2 amide bonds. The summed E-state index contributed by atoms with van der Waals surface area (Å²) < 4.78 is 40.0. The van der Waals surface area contributed by atoms with E-state index >= 15 is 0 Å². The van der Waals surface area contributed by atoms with Crippen molar-refractivity contribution in [3.05, 3.63) is 41.7 Å². The van der Waals surface area contributed by atoms with Crippen molar-refractivity contribution >= 4 is 17.6 Å². The summed E-state index contributed by atoms with van der Waals surface area (Å²) in [4.78, 5) is 21.3. The first-order valence-electron chi connectivity index (χ1n) is 8.39. The molecular weight excluding hydrogens is 347 g/mol. The van der Waals surface area contributed by atoms with Gasteiger partial charge < -0.3 is 15.5 Å². The highest BCUT2D eigenvalue weighted by Gasteiger charge is 2.41. The number of urea groups is 1. The fraction of sp³-hybridized carbons (Fsp3) is 0.412. The van der Waals surface area contributed by atoms with Crippen molar-refractivity contribution < 1.29 is 18.0 Å². The summed E-state index contributed by atoms with van der Waals surface area (Å²) in [6, 6.07) is 4.80. The third-order valence-corrected chi connectivity index (χ3v) is 4.97. The van der Waals surface area contributed by atoms with Crippen LogP contribution in [0.3, 0.4) is 0 Å². The Morgan fingerprint density at radius 3 is 2.77 bits per heavy atom. The van der Waals surface area contributed by atoms with Crippen LogP contribution in [-0.4, -0.2) is 47.5 Å². The van der Waals surface area contributed by atoms with E-state index in [1.165, 1.54) is 21.9 Å². The van der Waals surface area contributed by atoms with Gasteiger partial charge in [0.05, 0.1) is 23.0 Å². The van der Waals surface area contributed by atoms with Gasteiger partial charge in [-0.25, -0.2) is 9.79 Å². The normalized spacial score (nSPS) is 22.6. The number of halogens is 3. The van der Waals surface area contributed by atoms with Crippen LogP contribution in [0.4, 0.5) is 23.7 Å². The average Bonchev–Trinajstić information content (AvgIpc) is 2.61. The summed E-state index contributed by atoms with van der Waals surface area (Å²) in [5, 5.41) is 0. The molecule has 4 rings (SSSR count). The van der Waals surface area contributed by atoms with Gasteiger partial charge in [-0.1, -0.05) is 12.1 Å². The molecule has 1 aromatic carbocycles. The molecule has 26 heavy (non-hydrogen) atoms. The van der Waals surface area contributed by atoms with E-state index in [1.54, 1.807) is 12.3 Å². The zero-order valence-electron chi connectivity index (χ0n) is 13.9. The van der Waals surface area contributed by atoms with E-state index in [0.717, 1.165) is 25.5 Å². The molecule has 0 aromatic heterocycles. The van der Waals surface area contributed by atoms with Gasteiger partial charge in [0, 0.05) is 19.3 Å². The molecule has 0 saturated carbocycles. The van der Waals surface area contributed by atoms with E-state index in [2.05, 4.69) is 9.89 Å². The number of amidine groups is 1. The Hall–Kier alpha value is -2.71. The van der Waals surface area contributed by atoms with Crippen molar-refractivity contribution in [2.45, 2.75) is 25.1 Å². The number of aliphatic imine (C=N–C) groups is 1. The van der Waals surface area contributed by atoms with Gasteiger partial charge in [0.1, 0.15) is 6.67 Å². The lowest BCUT2D eigenvalue weighted by atomic mass is 9.98. The number of carbonyl (C=O) groups excluding carboxylic acids is 1. The SMILES string of the molecule is NC(=O)N1C2=NCN(c3ccccc3C(F)(F)F)C=C2N2CCCC1C2. The molecule has 2 bridgehead atoms. The van der Waals surface area contributed by atoms with Crippen molar-refractivity contribution in [3.63, 3.8) is 0 Å². The minimum Gasteiger partial charge on any atom is -0.365 e. The molecule has 0 aliphatic carbocycles. The lowest BCUT2D eigenvalue weighted by Crippen LogP contribution is -2.61. The molecule has 6 nitrogen and oxygen atoms in total. The number of benzene rings is 1. The third kappa shape index (κ3) is 2.67. The lowest BCUT2D eigenvalue weighted by Gasteiger charge is -2.48. The van der Waals surface area contributed by atoms with Crippen molar-refractivity contribution in [2.24, 2.45) is 10.7 Å². The summed E-state index contributed by atoms with van der Waals surface area (Å²) in [5.74, 6) is 0.453. The van der Waals surface area contributed by atoms with Crippen LogP contribution in [0.25, 0.3) is 0 Å². The Labute approximate surface area is 148 Å². The van der Waals surface area contributed by atoms with Gasteiger partial charge in [-0.15, -0.1) is 0 Å². The number of anilines is 1. The quantitative estimate of drug-likeness (QED) is 0.832. The first kappa shape index (κ1) is 16.7. The number of fused-ring (bicyclic) bond motifs is 4. The molecule has 138 valence electrons. The van der Waals surface area contributed by atoms with Gasteiger partial charge in [0.2, 0.25) is 0 Å². The first-order chi connectivity index (χ1) is 12.4. The summed E-state index contributed by atoms with van der Waals surface area (Å²) >= 11 is 0. The third-order valence-electron chi connectivity index (χ3n) is 4.97. The zero-order chi connectivity index (χ0) is 18.5. The molecule has 2 N–H and O–H groups in total. The van der Waals surface area contributed by atoms with Crippen LogP contribution in [0.15, 0.2) is 41.2 Å². The minimum atomic E-state index is -4.46. The Morgan fingerprint density at radius 2 is 2.04 bits per heavy atom. The first-order valence-corrected chi connectivity index (χ1v) is 8.39. The smallest absolute Gasteiger partial charge is 0.365 e. The Balaban J connectivity index is 1.74. The number of rotatable bonds is 1. The van der Waals surface area contributed by atoms with E-state index < -0.39 is 17.8 Å². The summed E-state index contributed by atoms with van der Waals surface area (Å²) in [6.45, 7) is 1.39. The number of amides is 2. The number of nitrogens with two attached hydrogens (primary N) is 1. The number of alkyl halides is 3. The monoisotopic (exact) mass is 365 g/mol. The van der Waals surface area contributed by atoms with E-state index in [9.17, 15) is 18.0 Å². The summed E-state index contributed by atoms with van der Waals surface area (Å²) in [5.41, 5.74) is 5.50. The molecule has 0 spiro atoms. The van der Waals surface area contributed by atoms with Gasteiger partial charge in [-0.05, 0) is 25.0 Å². The van der Waals surface area contributed by atoms with Crippen LogP contribution in [-0.2, 0) is 6.18 Å². The molecule has 3 heterocycles. The number of hydrogen-bond donors (Lipinski definition) is 1. The van der Waals surface area contributed by atoms with Crippen molar-refractivity contribution in [3.8, 4) is 0 Å². The molecule has 3 aliphatic heterocycles. The van der Waals surface area contributed by atoms with Crippen LogP contribution in [0.1, 0.15) is 18.4 Å². The highest BCUT2D eigenvalue weighted by molar-refractivity contribution is 6.08. The topological polar surface area (TPSA) is 65.2 Å². The maximum atomic E-state index is 13.3. The van der Waals surface area contributed by atoms with E-state index in [0.29, 0.717) is 18.1 Å². The van der Waals surface area contributed by atoms with Gasteiger partial charge in [0.25, 0.3) is 0 Å². The number of para-hydroxylation sites is 1. The fourth-order valence-corrected chi connectivity index (χ4v) is 3.84. The van der Waals surface area contributed by atoms with Crippen molar-refractivity contribution in [1.82, 2.24) is 9.80 Å². The second-order valence-corrected chi connectivity index (χ2v) is 6.57. The second kappa shape index (κ2) is 5.93. The van der Waals surface area contributed by atoms with Gasteiger partial charge in [0.15, 0.2) is 5.84 Å². The summed E-state index contributed by atoms with van der Waals surface area (Å²) in [7, 11) is 0. The maximum absolute atomic E-state index is 13.3. The number of piperazine rings is 1. The molecule has 2 saturated heterocycles. The van der Waals surface area contributed by atoms with Crippen LogP contribution in [0.2, 0.25) is 0 Å². The Kier molecular flexibility index (Phi) is 3.82. The maximum Gasteiger partial charge on any atom is 0.418 e. The molecule has 2 fully saturated rings.